The van der Waals surface area contributed by atoms with E-state index in [-0.39, 0.29) is 36.5 Å². The highest BCUT2D eigenvalue weighted by Gasteiger charge is 2.38. The van der Waals surface area contributed by atoms with Crippen LogP contribution in [0.25, 0.3) is 11.1 Å². The highest BCUT2D eigenvalue weighted by atomic mass is 16.7. The molecule has 0 aromatic heterocycles. The zero-order valence-corrected chi connectivity index (χ0v) is 27.4. The van der Waals surface area contributed by atoms with Crippen LogP contribution in [0.4, 0.5) is 0 Å². The SMILES string of the molecule is C=CCN(C)C[C@@H]1O[C@H](c2ccc(-c3ccccc3CNC(=O)CCCCCNC(C)=O)cc2)O[C@H](c2ccc(CO)cc2)[C@@H]1C. The predicted molar refractivity (Wildman–Crippen MR) is 182 cm³/mol. The molecule has 1 aliphatic rings. The predicted octanol–water partition coefficient (Wildman–Crippen LogP) is 6.07. The molecule has 1 heterocycles. The lowest BCUT2D eigenvalue weighted by Gasteiger charge is -2.42. The van der Waals surface area contributed by atoms with Gasteiger partial charge in [0.15, 0.2) is 6.29 Å². The van der Waals surface area contributed by atoms with Crippen LogP contribution in [-0.2, 0) is 32.2 Å². The Balaban J connectivity index is 1.43. The maximum Gasteiger partial charge on any atom is 0.220 e. The van der Waals surface area contributed by atoms with Gasteiger partial charge in [-0.3, -0.25) is 9.59 Å². The number of benzene rings is 3. The fourth-order valence-corrected chi connectivity index (χ4v) is 5.84. The largest absolute Gasteiger partial charge is 0.392 e. The van der Waals surface area contributed by atoms with Crippen LogP contribution < -0.4 is 10.6 Å². The summed E-state index contributed by atoms with van der Waals surface area (Å²) < 4.78 is 13.2. The van der Waals surface area contributed by atoms with Gasteiger partial charge in [-0.25, -0.2) is 0 Å². The highest BCUT2D eigenvalue weighted by molar-refractivity contribution is 5.76. The molecule has 4 rings (SSSR count). The number of carbonyl (C=O) groups is 2. The maximum absolute atomic E-state index is 12.5. The van der Waals surface area contributed by atoms with Gasteiger partial charge in [0.25, 0.3) is 0 Å². The molecular weight excluding hydrogens is 578 g/mol. The molecular formula is C38H49N3O5. The number of aliphatic hydroxyl groups is 1. The molecule has 246 valence electrons. The lowest BCUT2D eigenvalue weighted by Crippen LogP contribution is -2.43. The minimum absolute atomic E-state index is 0.00599. The fraction of sp³-hybridized carbons (Fsp3) is 0.421. The maximum atomic E-state index is 12.5. The zero-order valence-electron chi connectivity index (χ0n) is 27.4. The average molecular weight is 628 g/mol. The second kappa shape index (κ2) is 17.8. The molecule has 4 atom stereocenters. The first-order valence-electron chi connectivity index (χ1n) is 16.3. The van der Waals surface area contributed by atoms with E-state index in [0.717, 1.165) is 65.7 Å². The zero-order chi connectivity index (χ0) is 32.9. The Morgan fingerprint density at radius 1 is 0.935 bits per heavy atom. The van der Waals surface area contributed by atoms with E-state index in [1.54, 1.807) is 0 Å². The number of amides is 2. The highest BCUT2D eigenvalue weighted by Crippen LogP contribution is 2.42. The van der Waals surface area contributed by atoms with Gasteiger partial charge in [0.05, 0.1) is 18.8 Å². The van der Waals surface area contributed by atoms with Gasteiger partial charge >= 0.3 is 0 Å². The number of hydrogen-bond donors (Lipinski definition) is 3. The van der Waals surface area contributed by atoms with Crippen molar-refractivity contribution in [1.82, 2.24) is 15.5 Å². The van der Waals surface area contributed by atoms with E-state index in [1.807, 2.05) is 48.5 Å². The molecule has 0 radical (unpaired) electrons. The molecule has 0 unspecified atom stereocenters. The van der Waals surface area contributed by atoms with E-state index in [9.17, 15) is 14.7 Å². The van der Waals surface area contributed by atoms with Gasteiger partial charge < -0.3 is 30.1 Å². The van der Waals surface area contributed by atoms with Gasteiger partial charge in [-0.15, -0.1) is 6.58 Å². The number of aliphatic hydroxyl groups excluding tert-OH is 1. The molecule has 1 saturated heterocycles. The molecule has 3 N–H and O–H groups in total. The smallest absolute Gasteiger partial charge is 0.220 e. The molecule has 0 aliphatic carbocycles. The summed E-state index contributed by atoms with van der Waals surface area (Å²) in [5.41, 5.74) is 6.03. The molecule has 0 bridgehead atoms. The molecule has 0 saturated carbocycles. The molecule has 1 aliphatic heterocycles. The fourth-order valence-electron chi connectivity index (χ4n) is 5.84. The summed E-state index contributed by atoms with van der Waals surface area (Å²) in [6, 6.07) is 24.4. The number of likely N-dealkylation sites (N-methyl/N-ethyl adjacent to an activating group) is 1. The Bertz CT molecular complexity index is 1410. The normalized spacial score (nSPS) is 19.5. The minimum Gasteiger partial charge on any atom is -0.392 e. The molecule has 3 aromatic rings. The van der Waals surface area contributed by atoms with E-state index < -0.39 is 6.29 Å². The van der Waals surface area contributed by atoms with Crippen molar-refractivity contribution >= 4 is 11.8 Å². The summed E-state index contributed by atoms with van der Waals surface area (Å²) >= 11 is 0. The van der Waals surface area contributed by atoms with Gasteiger partial charge in [-0.1, -0.05) is 92.2 Å². The van der Waals surface area contributed by atoms with Crippen molar-refractivity contribution < 1.29 is 24.2 Å². The van der Waals surface area contributed by atoms with E-state index in [2.05, 4.69) is 66.4 Å². The van der Waals surface area contributed by atoms with Crippen LogP contribution in [0.5, 0.6) is 0 Å². The lowest BCUT2D eigenvalue weighted by atomic mass is 9.90. The second-order valence-electron chi connectivity index (χ2n) is 12.2. The number of nitrogens with zero attached hydrogens (tertiary/aromatic N) is 1. The van der Waals surface area contributed by atoms with Crippen molar-refractivity contribution in [2.75, 3.05) is 26.7 Å². The summed E-state index contributed by atoms with van der Waals surface area (Å²) in [5.74, 6) is 0.107. The Hall–Kier alpha value is -3.82. The number of rotatable bonds is 16. The first-order chi connectivity index (χ1) is 22.3. The van der Waals surface area contributed by atoms with Gasteiger partial charge in [-0.2, -0.15) is 0 Å². The van der Waals surface area contributed by atoms with Gasteiger partial charge in [-0.05, 0) is 47.7 Å². The minimum atomic E-state index is -0.539. The summed E-state index contributed by atoms with van der Waals surface area (Å²) in [5, 5.41) is 15.4. The van der Waals surface area contributed by atoms with Crippen molar-refractivity contribution in [1.29, 1.82) is 0 Å². The van der Waals surface area contributed by atoms with E-state index in [1.165, 1.54) is 6.92 Å². The van der Waals surface area contributed by atoms with Gasteiger partial charge in [0.1, 0.15) is 0 Å². The average Bonchev–Trinajstić information content (AvgIpc) is 3.06. The molecule has 46 heavy (non-hydrogen) atoms. The lowest BCUT2D eigenvalue weighted by molar-refractivity contribution is -0.275. The summed E-state index contributed by atoms with van der Waals surface area (Å²) in [6.07, 6.45) is 4.14. The van der Waals surface area contributed by atoms with Crippen LogP contribution in [0.2, 0.25) is 0 Å². The Morgan fingerprint density at radius 3 is 2.35 bits per heavy atom. The van der Waals surface area contributed by atoms with Crippen LogP contribution in [-0.4, -0.2) is 54.6 Å². The van der Waals surface area contributed by atoms with Crippen molar-refractivity contribution in [3.05, 3.63) is 108 Å². The number of hydrogen-bond acceptors (Lipinski definition) is 6. The van der Waals surface area contributed by atoms with Gasteiger partial charge in [0, 0.05) is 51.0 Å². The van der Waals surface area contributed by atoms with Crippen LogP contribution >= 0.6 is 0 Å². The molecule has 1 fully saturated rings. The van der Waals surface area contributed by atoms with Crippen molar-refractivity contribution in [2.24, 2.45) is 5.92 Å². The number of unbranched alkanes of at least 4 members (excludes halogenated alkanes) is 2. The van der Waals surface area contributed by atoms with Crippen molar-refractivity contribution in [2.45, 2.75) is 71.2 Å². The van der Waals surface area contributed by atoms with Crippen molar-refractivity contribution in [3.63, 3.8) is 0 Å². The number of carbonyl (C=O) groups excluding carboxylic acids is 2. The third-order valence-electron chi connectivity index (χ3n) is 8.50. The standard InChI is InChI=1S/C38H49N3O5/c1-5-23-41(4)25-35-27(2)37(31-16-14-29(26-42)15-17-31)46-38(45-35)32-20-18-30(19-21-32)34-12-9-8-11-33(34)24-40-36(44)13-7-6-10-22-39-28(3)43/h5,8-9,11-12,14-21,27,35,37-38,42H,1,6-7,10,13,22-26H2,2-4H3,(H,39,43)(H,40,44)/t27-,35+,37+,38+/m1/s1. The Kier molecular flexibility index (Phi) is 13.5. The topological polar surface area (TPSA) is 100 Å². The monoisotopic (exact) mass is 627 g/mol. The van der Waals surface area contributed by atoms with Crippen LogP contribution in [0.15, 0.2) is 85.5 Å². The first-order valence-corrected chi connectivity index (χ1v) is 16.3. The van der Waals surface area contributed by atoms with Crippen molar-refractivity contribution in [3.8, 4) is 11.1 Å². The molecule has 8 nitrogen and oxygen atoms in total. The van der Waals surface area contributed by atoms with Gasteiger partial charge in [0.2, 0.25) is 11.8 Å². The third-order valence-corrected chi connectivity index (χ3v) is 8.50. The van der Waals surface area contributed by atoms with Crippen LogP contribution in [0.3, 0.4) is 0 Å². The quantitative estimate of drug-likeness (QED) is 0.132. The van der Waals surface area contributed by atoms with Crippen LogP contribution in [0, 0.1) is 5.92 Å². The molecule has 2 amide bonds. The summed E-state index contributed by atoms with van der Waals surface area (Å²) in [6.45, 7) is 10.2. The van der Waals surface area contributed by atoms with E-state index >= 15 is 0 Å². The molecule has 3 aromatic carbocycles. The third kappa shape index (κ3) is 10.1. The Morgan fingerprint density at radius 2 is 1.65 bits per heavy atom. The molecule has 0 spiro atoms. The summed E-state index contributed by atoms with van der Waals surface area (Å²) in [7, 11) is 2.07. The number of ether oxygens (including phenoxy) is 2. The van der Waals surface area contributed by atoms with Crippen LogP contribution in [0.1, 0.15) is 74.2 Å². The number of nitrogens with one attached hydrogen (secondary N) is 2. The first kappa shape index (κ1) is 35.0. The Labute approximate surface area is 273 Å². The van der Waals surface area contributed by atoms with E-state index in [4.69, 9.17) is 9.47 Å². The van der Waals surface area contributed by atoms with E-state index in [0.29, 0.717) is 19.5 Å². The molecule has 8 heteroatoms. The second-order valence-corrected chi connectivity index (χ2v) is 12.2. The summed E-state index contributed by atoms with van der Waals surface area (Å²) in [4.78, 5) is 25.7.